The topological polar surface area (TPSA) is 186 Å². The van der Waals surface area contributed by atoms with Crippen LogP contribution in [0.4, 0.5) is 0 Å². The first-order valence-electron chi connectivity index (χ1n) is 2.32. The molecule has 0 amide bonds. The lowest BCUT2D eigenvalue weighted by Crippen LogP contribution is -1.89. The van der Waals surface area contributed by atoms with Gasteiger partial charge in [0.1, 0.15) is 0 Å². The quantitative estimate of drug-likeness (QED) is 0.356. The summed E-state index contributed by atoms with van der Waals surface area (Å²) in [5, 5.41) is 7.42. The first kappa shape index (κ1) is 24.1. The summed E-state index contributed by atoms with van der Waals surface area (Å²) in [7, 11) is -9.33. The summed E-state index contributed by atoms with van der Waals surface area (Å²) in [6, 6.07) is 0. The molecule has 5 N–H and O–H groups in total. The van der Waals surface area contributed by atoms with Crippen LogP contribution in [0.1, 0.15) is 6.92 Å². The number of hydrogen-bond acceptors (Lipinski definition) is 5. The second-order valence-electron chi connectivity index (χ2n) is 1.41. The van der Waals surface area contributed by atoms with Crippen molar-refractivity contribution in [2.24, 2.45) is 0 Å². The number of hydrogen-bond donors (Lipinski definition) is 5. The van der Waals surface area contributed by atoms with Gasteiger partial charge in [-0.2, -0.15) is 16.8 Å². The summed E-state index contributed by atoms with van der Waals surface area (Å²) in [4.78, 5) is 9.00. The Bertz CT molecular complexity index is 288. The predicted octanol–water partition coefficient (Wildman–Crippen LogP) is -0.637. The van der Waals surface area contributed by atoms with Gasteiger partial charge < -0.3 is 5.11 Å². The highest BCUT2D eigenvalue weighted by atomic mass is 79.9. The molecule has 0 aromatic heterocycles. The van der Waals surface area contributed by atoms with Crippen molar-refractivity contribution < 1.29 is 44.9 Å². The Balaban J connectivity index is -0.0000000590. The molecule has 13 heteroatoms. The third kappa shape index (κ3) is 19500. The summed E-state index contributed by atoms with van der Waals surface area (Å²) < 4.78 is 63.2. The lowest BCUT2D eigenvalue weighted by molar-refractivity contribution is -0.134. The van der Waals surface area contributed by atoms with Crippen LogP contribution in [0.15, 0.2) is 0 Å². The predicted molar refractivity (Wildman–Crippen MR) is 52.0 cm³/mol. The molecule has 15 heavy (non-hydrogen) atoms. The van der Waals surface area contributed by atoms with Crippen molar-refractivity contribution in [2.75, 3.05) is 0 Å². The normalized spacial score (nSPS) is 9.40. The number of halogens is 1. The van der Waals surface area contributed by atoms with Crippen molar-refractivity contribution in [2.45, 2.75) is 6.92 Å². The summed E-state index contributed by atoms with van der Waals surface area (Å²) in [5.41, 5.74) is 0. The molecule has 0 fully saturated rings. The molecule has 0 unspecified atom stereocenters. The van der Waals surface area contributed by atoms with Crippen molar-refractivity contribution in [1.82, 2.24) is 0 Å². The summed E-state index contributed by atoms with van der Waals surface area (Å²) in [5.74, 6) is -0.833. The third-order valence-corrected chi connectivity index (χ3v) is 0. The van der Waals surface area contributed by atoms with Crippen LogP contribution in [0.2, 0.25) is 0 Å². The third-order valence-electron chi connectivity index (χ3n) is 0. The van der Waals surface area contributed by atoms with Crippen LogP contribution in [0.5, 0.6) is 0 Å². The van der Waals surface area contributed by atoms with E-state index in [4.69, 9.17) is 44.9 Å². The zero-order chi connectivity index (χ0) is 12.6. The van der Waals surface area contributed by atoms with Gasteiger partial charge in [-0.3, -0.25) is 23.0 Å². The maximum Gasteiger partial charge on any atom is 0.394 e. The molecule has 0 aliphatic rings. The minimum Gasteiger partial charge on any atom is -0.481 e. The fourth-order valence-electron chi connectivity index (χ4n) is 0. The zero-order valence-electron chi connectivity index (χ0n) is 7.00. The van der Waals surface area contributed by atoms with Gasteiger partial charge in [0.15, 0.2) is 0 Å². The number of aliphatic carboxylic acids is 1. The Hall–Kier alpha value is -0.310. The highest BCUT2D eigenvalue weighted by molar-refractivity contribution is 8.93. The Labute approximate surface area is 95.8 Å². The van der Waals surface area contributed by atoms with Gasteiger partial charge in [-0.1, -0.05) is 0 Å². The fourth-order valence-corrected chi connectivity index (χ4v) is 0. The van der Waals surface area contributed by atoms with E-state index in [2.05, 4.69) is 0 Å². The van der Waals surface area contributed by atoms with E-state index in [0.29, 0.717) is 0 Å². The molecule has 0 aromatic carbocycles. The van der Waals surface area contributed by atoms with Crippen molar-refractivity contribution >= 4 is 43.7 Å². The molecular formula is C2H9BrO10S2. The summed E-state index contributed by atoms with van der Waals surface area (Å²) in [6.45, 7) is 1.08. The Morgan fingerprint density at radius 3 is 0.867 bits per heavy atom. The Morgan fingerprint density at radius 2 is 0.867 bits per heavy atom. The highest BCUT2D eigenvalue weighted by Gasteiger charge is 1.85. The average Bonchev–Trinajstić information content (AvgIpc) is 1.45. The lowest BCUT2D eigenvalue weighted by atomic mass is 10.9. The molecule has 0 bridgehead atoms. The van der Waals surface area contributed by atoms with Crippen LogP contribution in [0.3, 0.4) is 0 Å². The standard InChI is InChI=1S/C2H4O2.BrH.2H2O4S/c1-2(3)4;;2*1-5(2,3)4/h1H3,(H,3,4);1H;2*(H2,1,2,3,4). The molecule has 0 aliphatic heterocycles. The molecule has 0 rings (SSSR count). The zero-order valence-corrected chi connectivity index (χ0v) is 10.3. The van der Waals surface area contributed by atoms with Crippen molar-refractivity contribution in [3.05, 3.63) is 0 Å². The van der Waals surface area contributed by atoms with Crippen LogP contribution >= 0.6 is 17.0 Å². The number of rotatable bonds is 0. The van der Waals surface area contributed by atoms with Gasteiger partial charge in [-0.15, -0.1) is 17.0 Å². The Morgan fingerprint density at radius 1 is 0.867 bits per heavy atom. The molecule has 10 nitrogen and oxygen atoms in total. The fraction of sp³-hybridized carbons (Fsp3) is 0.500. The molecule has 0 saturated heterocycles. The van der Waals surface area contributed by atoms with Crippen molar-refractivity contribution in [1.29, 1.82) is 0 Å². The first-order chi connectivity index (χ1) is 5.73. The van der Waals surface area contributed by atoms with Crippen LogP contribution in [0.25, 0.3) is 0 Å². The molecule has 0 aliphatic carbocycles. The number of carboxylic acid groups (broad SMARTS) is 1. The molecule has 0 aromatic rings. The maximum absolute atomic E-state index is 9.00. The number of carbonyl (C=O) groups is 1. The van der Waals surface area contributed by atoms with E-state index >= 15 is 0 Å². The van der Waals surface area contributed by atoms with Gasteiger partial charge in [0.25, 0.3) is 5.97 Å². The average molecular weight is 337 g/mol. The maximum atomic E-state index is 9.00. The van der Waals surface area contributed by atoms with Gasteiger partial charge >= 0.3 is 20.8 Å². The van der Waals surface area contributed by atoms with Gasteiger partial charge in [-0.25, -0.2) is 0 Å². The molecule has 0 heterocycles. The van der Waals surface area contributed by atoms with Crippen LogP contribution in [0, 0.1) is 0 Å². The lowest BCUT2D eigenvalue weighted by Gasteiger charge is -1.68. The molecule has 96 valence electrons. The van der Waals surface area contributed by atoms with Crippen LogP contribution < -0.4 is 0 Å². The smallest absolute Gasteiger partial charge is 0.394 e. The highest BCUT2D eigenvalue weighted by Crippen LogP contribution is 1.59. The second-order valence-corrected chi connectivity index (χ2v) is 3.21. The Kier molecular flexibility index (Phi) is 16.4. The first-order valence-corrected chi connectivity index (χ1v) is 5.12. The second kappa shape index (κ2) is 10.2. The SMILES string of the molecule is Br.CC(=O)O.O=S(=O)(O)O.O=S(=O)(O)O. The van der Waals surface area contributed by atoms with Gasteiger partial charge in [0.05, 0.1) is 0 Å². The van der Waals surface area contributed by atoms with E-state index in [-0.39, 0.29) is 17.0 Å². The summed E-state index contributed by atoms with van der Waals surface area (Å²) >= 11 is 0. The number of carboxylic acids is 1. The molecule has 0 saturated carbocycles. The van der Waals surface area contributed by atoms with E-state index in [1.807, 2.05) is 0 Å². The van der Waals surface area contributed by atoms with Crippen molar-refractivity contribution in [3.8, 4) is 0 Å². The molecule has 0 spiro atoms. The van der Waals surface area contributed by atoms with E-state index in [0.717, 1.165) is 6.92 Å². The molecule has 0 radical (unpaired) electrons. The minimum absolute atomic E-state index is 0. The monoisotopic (exact) mass is 336 g/mol. The van der Waals surface area contributed by atoms with E-state index in [9.17, 15) is 0 Å². The van der Waals surface area contributed by atoms with E-state index in [1.165, 1.54) is 0 Å². The van der Waals surface area contributed by atoms with Gasteiger partial charge in [-0.05, 0) is 0 Å². The molecule has 0 atom stereocenters. The van der Waals surface area contributed by atoms with Crippen LogP contribution in [-0.2, 0) is 25.6 Å². The van der Waals surface area contributed by atoms with E-state index in [1.54, 1.807) is 0 Å². The largest absolute Gasteiger partial charge is 0.481 e. The van der Waals surface area contributed by atoms with Crippen LogP contribution in [-0.4, -0.2) is 46.1 Å². The minimum atomic E-state index is -4.67. The van der Waals surface area contributed by atoms with E-state index < -0.39 is 26.8 Å². The molecular weight excluding hydrogens is 328 g/mol. The van der Waals surface area contributed by atoms with Crippen molar-refractivity contribution in [3.63, 3.8) is 0 Å². The van der Waals surface area contributed by atoms with Gasteiger partial charge in [0, 0.05) is 6.92 Å². The van der Waals surface area contributed by atoms with Gasteiger partial charge in [0.2, 0.25) is 0 Å². The summed E-state index contributed by atoms with van der Waals surface area (Å²) in [6.07, 6.45) is 0.